The second-order valence-corrected chi connectivity index (χ2v) is 7.35. The number of imidazole rings is 2. The predicted octanol–water partition coefficient (Wildman–Crippen LogP) is 4.83. The summed E-state index contributed by atoms with van der Waals surface area (Å²) in [6.45, 7) is 2.05. The van der Waals surface area contributed by atoms with Gasteiger partial charge in [-0.2, -0.15) is 0 Å². The van der Waals surface area contributed by atoms with Crippen LogP contribution in [0.4, 0.5) is 4.39 Å². The molecule has 2 aromatic heterocycles. The van der Waals surface area contributed by atoms with Crippen molar-refractivity contribution in [3.63, 3.8) is 0 Å². The summed E-state index contributed by atoms with van der Waals surface area (Å²) >= 11 is 0. The van der Waals surface area contributed by atoms with Crippen molar-refractivity contribution in [1.82, 2.24) is 19.1 Å². The highest BCUT2D eigenvalue weighted by molar-refractivity contribution is 5.87. The van der Waals surface area contributed by atoms with Gasteiger partial charge in [0, 0.05) is 18.2 Å². The summed E-state index contributed by atoms with van der Waals surface area (Å²) in [4.78, 5) is 20.7. The number of aromatic amines is 1. The Morgan fingerprint density at radius 2 is 1.73 bits per heavy atom. The molecule has 2 heterocycles. The SMILES string of the molecule is Cc1cccc(-c2nc[nH]c2-c2ccc3c(c2)n(C)c(=O)n3-c2ccc(F)cc2)c1. The molecule has 0 unspecified atom stereocenters. The summed E-state index contributed by atoms with van der Waals surface area (Å²) in [6.07, 6.45) is 1.68. The van der Waals surface area contributed by atoms with E-state index in [0.717, 1.165) is 39.1 Å². The number of halogens is 1. The summed E-state index contributed by atoms with van der Waals surface area (Å²) in [5, 5.41) is 0. The first-order valence-electron chi connectivity index (χ1n) is 9.61. The van der Waals surface area contributed by atoms with Crippen LogP contribution in [0.1, 0.15) is 5.56 Å². The van der Waals surface area contributed by atoms with Gasteiger partial charge in [-0.05, 0) is 49.4 Å². The van der Waals surface area contributed by atoms with Crippen LogP contribution in [0.3, 0.4) is 0 Å². The average molecular weight is 398 g/mol. The van der Waals surface area contributed by atoms with Crippen LogP contribution in [0.25, 0.3) is 39.2 Å². The summed E-state index contributed by atoms with van der Waals surface area (Å²) in [6, 6.07) is 20.0. The molecule has 5 aromatic rings. The summed E-state index contributed by atoms with van der Waals surface area (Å²) in [5.74, 6) is -0.336. The van der Waals surface area contributed by atoms with Gasteiger partial charge in [0.15, 0.2) is 0 Å². The topological polar surface area (TPSA) is 55.6 Å². The molecule has 0 amide bonds. The molecule has 0 saturated heterocycles. The molecule has 5 rings (SSSR count). The Balaban J connectivity index is 1.68. The second-order valence-electron chi connectivity index (χ2n) is 7.35. The summed E-state index contributed by atoms with van der Waals surface area (Å²) < 4.78 is 16.5. The molecule has 0 aliphatic heterocycles. The number of nitrogens with zero attached hydrogens (tertiary/aromatic N) is 3. The zero-order valence-corrected chi connectivity index (χ0v) is 16.6. The standard InChI is InChI=1S/C24H19FN4O/c1-15-4-3-5-16(12-15)22-23(27-14-26-22)17-6-11-20-21(13-17)28(2)24(30)29(20)19-9-7-18(25)8-10-19/h3-14H,1-2H3,(H,26,27). The third-order valence-corrected chi connectivity index (χ3v) is 5.36. The minimum atomic E-state index is -0.336. The van der Waals surface area contributed by atoms with Crippen molar-refractivity contribution >= 4 is 11.0 Å². The van der Waals surface area contributed by atoms with E-state index in [-0.39, 0.29) is 11.5 Å². The molecule has 0 radical (unpaired) electrons. The van der Waals surface area contributed by atoms with Crippen LogP contribution in [0.5, 0.6) is 0 Å². The van der Waals surface area contributed by atoms with E-state index < -0.39 is 0 Å². The fraction of sp³-hybridized carbons (Fsp3) is 0.0833. The lowest BCUT2D eigenvalue weighted by molar-refractivity contribution is 0.627. The number of nitrogens with one attached hydrogen (secondary N) is 1. The van der Waals surface area contributed by atoms with Gasteiger partial charge in [-0.1, -0.05) is 29.8 Å². The molecule has 5 nitrogen and oxygen atoms in total. The maximum atomic E-state index is 13.3. The zero-order chi connectivity index (χ0) is 20.8. The van der Waals surface area contributed by atoms with E-state index in [9.17, 15) is 9.18 Å². The van der Waals surface area contributed by atoms with Gasteiger partial charge in [0.1, 0.15) is 5.82 Å². The van der Waals surface area contributed by atoms with Gasteiger partial charge >= 0.3 is 5.69 Å². The average Bonchev–Trinajstić information content (AvgIpc) is 3.33. The first-order valence-corrected chi connectivity index (χ1v) is 9.61. The van der Waals surface area contributed by atoms with E-state index in [1.165, 1.54) is 12.1 Å². The van der Waals surface area contributed by atoms with Gasteiger partial charge in [0.25, 0.3) is 0 Å². The fourth-order valence-corrected chi connectivity index (χ4v) is 3.86. The number of aryl methyl sites for hydroxylation is 2. The van der Waals surface area contributed by atoms with Crippen LogP contribution < -0.4 is 5.69 Å². The smallest absolute Gasteiger partial charge is 0.333 e. The minimum absolute atomic E-state index is 0.183. The summed E-state index contributed by atoms with van der Waals surface area (Å²) in [7, 11) is 1.74. The zero-order valence-electron chi connectivity index (χ0n) is 16.6. The number of hydrogen-bond donors (Lipinski definition) is 1. The third-order valence-electron chi connectivity index (χ3n) is 5.36. The highest BCUT2D eigenvalue weighted by Gasteiger charge is 2.16. The number of fused-ring (bicyclic) bond motifs is 1. The summed E-state index contributed by atoms with van der Waals surface area (Å²) in [5.41, 5.74) is 6.87. The van der Waals surface area contributed by atoms with Gasteiger partial charge in [-0.3, -0.25) is 9.13 Å². The molecule has 0 spiro atoms. The highest BCUT2D eigenvalue weighted by atomic mass is 19.1. The van der Waals surface area contributed by atoms with Gasteiger partial charge in [0.2, 0.25) is 0 Å². The van der Waals surface area contributed by atoms with Gasteiger partial charge in [-0.25, -0.2) is 14.2 Å². The molecule has 1 N–H and O–H groups in total. The van der Waals surface area contributed by atoms with Crippen molar-refractivity contribution in [3.05, 3.63) is 94.9 Å². The van der Waals surface area contributed by atoms with Crippen molar-refractivity contribution < 1.29 is 4.39 Å². The number of H-pyrrole nitrogens is 1. The van der Waals surface area contributed by atoms with E-state index >= 15 is 0 Å². The Labute approximate surface area is 172 Å². The molecule has 0 bridgehead atoms. The van der Waals surface area contributed by atoms with Crippen molar-refractivity contribution in [3.8, 4) is 28.2 Å². The Hall–Kier alpha value is -3.93. The number of hydrogen-bond acceptors (Lipinski definition) is 2. The molecule has 3 aromatic carbocycles. The molecule has 148 valence electrons. The first-order chi connectivity index (χ1) is 14.5. The quantitative estimate of drug-likeness (QED) is 0.473. The molecule has 30 heavy (non-hydrogen) atoms. The lowest BCUT2D eigenvalue weighted by Crippen LogP contribution is -2.20. The van der Waals surface area contributed by atoms with Gasteiger partial charge in [-0.15, -0.1) is 0 Å². The Morgan fingerprint density at radius 1 is 0.933 bits per heavy atom. The molecule has 0 aliphatic carbocycles. The molecular weight excluding hydrogens is 379 g/mol. The van der Waals surface area contributed by atoms with Crippen LogP contribution in [-0.4, -0.2) is 19.1 Å². The van der Waals surface area contributed by atoms with Crippen LogP contribution in [0.15, 0.2) is 77.9 Å². The van der Waals surface area contributed by atoms with Crippen LogP contribution in [0.2, 0.25) is 0 Å². The number of aromatic nitrogens is 4. The number of benzene rings is 3. The second kappa shape index (κ2) is 6.84. The van der Waals surface area contributed by atoms with E-state index in [1.54, 1.807) is 34.6 Å². The van der Waals surface area contributed by atoms with Crippen molar-refractivity contribution in [2.45, 2.75) is 6.92 Å². The lowest BCUT2D eigenvalue weighted by Gasteiger charge is -2.06. The Kier molecular flexibility index (Phi) is 4.13. The van der Waals surface area contributed by atoms with Gasteiger partial charge in [0.05, 0.1) is 34.4 Å². The molecule has 0 atom stereocenters. The molecule has 0 aliphatic rings. The number of rotatable bonds is 3. The molecular formula is C24H19FN4O. The third kappa shape index (κ3) is 2.85. The largest absolute Gasteiger partial charge is 0.344 e. The Morgan fingerprint density at radius 3 is 2.50 bits per heavy atom. The minimum Gasteiger partial charge on any atom is -0.344 e. The van der Waals surface area contributed by atoms with Crippen molar-refractivity contribution in [2.75, 3.05) is 0 Å². The predicted molar refractivity (Wildman–Crippen MR) is 116 cm³/mol. The lowest BCUT2D eigenvalue weighted by atomic mass is 10.0. The van der Waals surface area contributed by atoms with E-state index in [2.05, 4.69) is 29.0 Å². The molecule has 6 heteroatoms. The van der Waals surface area contributed by atoms with E-state index in [4.69, 9.17) is 0 Å². The first kappa shape index (κ1) is 18.1. The van der Waals surface area contributed by atoms with E-state index in [0.29, 0.717) is 5.69 Å². The van der Waals surface area contributed by atoms with Crippen LogP contribution >= 0.6 is 0 Å². The fourth-order valence-electron chi connectivity index (χ4n) is 3.86. The highest BCUT2D eigenvalue weighted by Crippen LogP contribution is 2.31. The Bertz CT molecular complexity index is 1440. The van der Waals surface area contributed by atoms with Gasteiger partial charge < -0.3 is 4.98 Å². The van der Waals surface area contributed by atoms with E-state index in [1.807, 2.05) is 30.3 Å². The van der Waals surface area contributed by atoms with Crippen LogP contribution in [0, 0.1) is 12.7 Å². The van der Waals surface area contributed by atoms with Crippen molar-refractivity contribution in [2.24, 2.45) is 7.05 Å². The normalized spacial score (nSPS) is 11.3. The van der Waals surface area contributed by atoms with Crippen molar-refractivity contribution in [1.29, 1.82) is 0 Å². The monoisotopic (exact) mass is 398 g/mol. The maximum Gasteiger partial charge on any atom is 0.333 e. The maximum absolute atomic E-state index is 13.3. The molecule has 0 fully saturated rings. The molecule has 0 saturated carbocycles. The van der Waals surface area contributed by atoms with Crippen LogP contribution in [-0.2, 0) is 7.05 Å².